The smallest absolute Gasteiger partial charge is 0.312 e. The molecule has 9 nitrogen and oxygen atoms in total. The Balaban J connectivity index is 1.76. The van der Waals surface area contributed by atoms with E-state index in [-0.39, 0.29) is 30.3 Å². The van der Waals surface area contributed by atoms with Crippen LogP contribution in [-0.4, -0.2) is 51.0 Å². The molecule has 0 spiro atoms. The third kappa shape index (κ3) is 5.81. The van der Waals surface area contributed by atoms with Gasteiger partial charge in [0.2, 0.25) is 15.9 Å². The van der Waals surface area contributed by atoms with Gasteiger partial charge in [-0.25, -0.2) is 13.2 Å². The third-order valence-corrected chi connectivity index (χ3v) is 7.01. The van der Waals surface area contributed by atoms with Gasteiger partial charge in [-0.05, 0) is 30.2 Å². The number of carbonyl (C=O) groups is 2. The Morgan fingerprint density at radius 2 is 1.81 bits per heavy atom. The highest BCUT2D eigenvalue weighted by Gasteiger charge is 2.28. The van der Waals surface area contributed by atoms with Crippen LogP contribution < -0.4 is 16.4 Å². The van der Waals surface area contributed by atoms with Gasteiger partial charge in [0.25, 0.3) is 0 Å². The molecular formula is C21H26N4O5S. The van der Waals surface area contributed by atoms with Crippen LogP contribution in [0.1, 0.15) is 23.6 Å². The number of anilines is 1. The molecule has 31 heavy (non-hydrogen) atoms. The van der Waals surface area contributed by atoms with Gasteiger partial charge < -0.3 is 21.1 Å². The van der Waals surface area contributed by atoms with Crippen molar-refractivity contribution >= 4 is 27.6 Å². The van der Waals surface area contributed by atoms with E-state index in [9.17, 15) is 18.0 Å². The second kappa shape index (κ2) is 9.90. The van der Waals surface area contributed by atoms with Gasteiger partial charge in [-0.3, -0.25) is 4.79 Å². The summed E-state index contributed by atoms with van der Waals surface area (Å²) < 4.78 is 32.7. The Kier molecular flexibility index (Phi) is 7.26. The monoisotopic (exact) mass is 446 g/mol. The SMILES string of the molecule is Cc1ccc(NC(=O)C[C@H](NC(N)=O)c2ccccc2)cc1S(=O)(=O)N1CCOCC1. The minimum atomic E-state index is -3.70. The van der Waals surface area contributed by atoms with Crippen molar-refractivity contribution in [3.8, 4) is 0 Å². The molecule has 0 aliphatic carbocycles. The zero-order valence-corrected chi connectivity index (χ0v) is 18.0. The zero-order chi connectivity index (χ0) is 22.4. The largest absolute Gasteiger partial charge is 0.379 e. The van der Waals surface area contributed by atoms with Crippen LogP contribution in [0.25, 0.3) is 0 Å². The summed E-state index contributed by atoms with van der Waals surface area (Å²) in [6, 6.07) is 12.4. The van der Waals surface area contributed by atoms with Crippen LogP contribution in [0.2, 0.25) is 0 Å². The van der Waals surface area contributed by atoms with Crippen LogP contribution in [-0.2, 0) is 19.6 Å². The average molecular weight is 447 g/mol. The first kappa shape index (κ1) is 22.7. The number of urea groups is 1. The number of hydrogen-bond acceptors (Lipinski definition) is 5. The number of rotatable bonds is 7. The molecule has 2 aromatic rings. The topological polar surface area (TPSA) is 131 Å². The number of amides is 3. The first-order chi connectivity index (χ1) is 14.8. The first-order valence-corrected chi connectivity index (χ1v) is 11.3. The number of sulfonamides is 1. The van der Waals surface area contributed by atoms with Crippen molar-refractivity contribution in [2.24, 2.45) is 5.73 Å². The van der Waals surface area contributed by atoms with E-state index in [4.69, 9.17) is 10.5 Å². The number of nitrogens with two attached hydrogens (primary N) is 1. The van der Waals surface area contributed by atoms with Crippen molar-refractivity contribution in [1.82, 2.24) is 9.62 Å². The molecule has 3 rings (SSSR count). The summed E-state index contributed by atoms with van der Waals surface area (Å²) in [6.45, 7) is 2.98. The van der Waals surface area contributed by atoms with E-state index in [0.717, 1.165) is 5.56 Å². The Morgan fingerprint density at radius 1 is 1.13 bits per heavy atom. The predicted molar refractivity (Wildman–Crippen MR) is 116 cm³/mol. The lowest BCUT2D eigenvalue weighted by molar-refractivity contribution is -0.116. The zero-order valence-electron chi connectivity index (χ0n) is 17.2. The van der Waals surface area contributed by atoms with Crippen LogP contribution in [0.15, 0.2) is 53.4 Å². The maximum absolute atomic E-state index is 13.0. The number of morpholine rings is 1. The maximum Gasteiger partial charge on any atom is 0.312 e. The van der Waals surface area contributed by atoms with E-state index in [1.54, 1.807) is 43.3 Å². The molecule has 1 fully saturated rings. The van der Waals surface area contributed by atoms with Gasteiger partial charge in [-0.15, -0.1) is 0 Å². The standard InChI is InChI=1S/C21H26N4O5S/c1-15-7-8-17(13-19(15)31(28,29)25-9-11-30-12-10-25)23-20(26)14-18(24-21(22)27)16-5-3-2-4-6-16/h2-8,13,18H,9-12,14H2,1H3,(H,23,26)(H3,22,24,27)/t18-/m0/s1. The van der Waals surface area contributed by atoms with Crippen molar-refractivity contribution < 1.29 is 22.7 Å². The van der Waals surface area contributed by atoms with E-state index in [1.807, 2.05) is 6.07 Å². The van der Waals surface area contributed by atoms with E-state index in [0.29, 0.717) is 24.5 Å². The van der Waals surface area contributed by atoms with Crippen molar-refractivity contribution in [3.63, 3.8) is 0 Å². The lowest BCUT2D eigenvalue weighted by atomic mass is 10.0. The molecule has 3 amide bonds. The third-order valence-electron chi connectivity index (χ3n) is 4.97. The molecule has 1 heterocycles. The molecule has 0 unspecified atom stereocenters. The van der Waals surface area contributed by atoms with Crippen molar-refractivity contribution in [1.29, 1.82) is 0 Å². The number of hydrogen-bond donors (Lipinski definition) is 3. The minimum absolute atomic E-state index is 0.0631. The number of aryl methyl sites for hydroxylation is 1. The summed E-state index contributed by atoms with van der Waals surface area (Å²) >= 11 is 0. The lowest BCUT2D eigenvalue weighted by Gasteiger charge is -2.27. The number of nitrogens with zero attached hydrogens (tertiary/aromatic N) is 1. The number of carbonyl (C=O) groups excluding carboxylic acids is 2. The van der Waals surface area contributed by atoms with Gasteiger partial charge in [0, 0.05) is 18.8 Å². The fraction of sp³-hybridized carbons (Fsp3) is 0.333. The summed E-state index contributed by atoms with van der Waals surface area (Å²) in [6.07, 6.45) is -0.0631. The van der Waals surface area contributed by atoms with Gasteiger partial charge in [0.1, 0.15) is 0 Å². The van der Waals surface area contributed by atoms with Crippen LogP contribution in [0, 0.1) is 6.92 Å². The molecule has 0 radical (unpaired) electrons. The number of primary amides is 1. The van der Waals surface area contributed by atoms with E-state index in [1.165, 1.54) is 10.4 Å². The van der Waals surface area contributed by atoms with Gasteiger partial charge in [-0.1, -0.05) is 36.4 Å². The van der Waals surface area contributed by atoms with Crippen LogP contribution >= 0.6 is 0 Å². The first-order valence-electron chi connectivity index (χ1n) is 9.86. The Morgan fingerprint density at radius 3 is 2.45 bits per heavy atom. The van der Waals surface area contributed by atoms with Crippen LogP contribution in [0.5, 0.6) is 0 Å². The van der Waals surface area contributed by atoms with Gasteiger partial charge >= 0.3 is 6.03 Å². The highest BCUT2D eigenvalue weighted by Crippen LogP contribution is 2.25. The predicted octanol–water partition coefficient (Wildman–Crippen LogP) is 1.75. The van der Waals surface area contributed by atoms with Gasteiger partial charge in [0.05, 0.1) is 30.6 Å². The van der Waals surface area contributed by atoms with Gasteiger partial charge in [0.15, 0.2) is 0 Å². The molecule has 1 saturated heterocycles. The molecule has 1 aliphatic heterocycles. The minimum Gasteiger partial charge on any atom is -0.379 e. The van der Waals surface area contributed by atoms with E-state index < -0.39 is 22.1 Å². The summed E-state index contributed by atoms with van der Waals surface area (Å²) in [4.78, 5) is 24.2. The quantitative estimate of drug-likeness (QED) is 0.596. The van der Waals surface area contributed by atoms with Crippen molar-refractivity contribution in [3.05, 3.63) is 59.7 Å². The fourth-order valence-electron chi connectivity index (χ4n) is 3.39. The molecule has 0 bridgehead atoms. The molecule has 166 valence electrons. The maximum atomic E-state index is 13.0. The highest BCUT2D eigenvalue weighted by atomic mass is 32.2. The molecule has 1 atom stereocenters. The Bertz CT molecular complexity index is 1040. The van der Waals surface area contributed by atoms with E-state index >= 15 is 0 Å². The molecule has 0 saturated carbocycles. The summed E-state index contributed by atoms with van der Waals surface area (Å²) in [7, 11) is -3.70. The van der Waals surface area contributed by atoms with Crippen LogP contribution in [0.3, 0.4) is 0 Å². The summed E-state index contributed by atoms with van der Waals surface area (Å²) in [5, 5.41) is 5.28. The molecule has 10 heteroatoms. The van der Waals surface area contributed by atoms with Crippen molar-refractivity contribution in [2.45, 2.75) is 24.3 Å². The highest BCUT2D eigenvalue weighted by molar-refractivity contribution is 7.89. The molecule has 0 aromatic heterocycles. The molecule has 1 aliphatic rings. The van der Waals surface area contributed by atoms with Crippen molar-refractivity contribution in [2.75, 3.05) is 31.6 Å². The molecular weight excluding hydrogens is 420 g/mol. The Labute approximate surface area is 181 Å². The second-order valence-corrected chi connectivity index (χ2v) is 9.13. The second-order valence-electron chi connectivity index (χ2n) is 7.22. The number of nitrogens with one attached hydrogen (secondary N) is 2. The van der Waals surface area contributed by atoms with Crippen LogP contribution in [0.4, 0.5) is 10.5 Å². The fourth-order valence-corrected chi connectivity index (χ4v) is 5.05. The lowest BCUT2D eigenvalue weighted by Crippen LogP contribution is -2.40. The molecule has 2 aromatic carbocycles. The number of benzene rings is 2. The average Bonchev–Trinajstić information content (AvgIpc) is 2.75. The molecule has 4 N–H and O–H groups in total. The summed E-state index contributed by atoms with van der Waals surface area (Å²) in [5.74, 6) is -0.388. The van der Waals surface area contributed by atoms with E-state index in [2.05, 4.69) is 10.6 Å². The number of ether oxygens (including phenoxy) is 1. The Hall–Kier alpha value is -2.95. The normalized spacial score (nSPS) is 15.8. The van der Waals surface area contributed by atoms with Gasteiger partial charge in [-0.2, -0.15) is 4.31 Å². The summed E-state index contributed by atoms with van der Waals surface area (Å²) in [5.41, 5.74) is 6.92.